The van der Waals surface area contributed by atoms with Gasteiger partial charge >= 0.3 is 0 Å². The fourth-order valence-electron chi connectivity index (χ4n) is 2.77. The predicted molar refractivity (Wildman–Crippen MR) is 85.7 cm³/mol. The zero-order valence-corrected chi connectivity index (χ0v) is 13.7. The Labute approximate surface area is 124 Å². The molecule has 1 heterocycles. The number of hydrogen-bond acceptors (Lipinski definition) is 3. The molecule has 1 saturated heterocycles. The first-order valence-electron chi connectivity index (χ1n) is 6.99. The van der Waals surface area contributed by atoms with Gasteiger partial charge in [0.25, 0.3) is 0 Å². The molecule has 2 atom stereocenters. The first kappa shape index (κ1) is 14.8. The van der Waals surface area contributed by atoms with Crippen LogP contribution in [-0.4, -0.2) is 37.6 Å². The summed E-state index contributed by atoms with van der Waals surface area (Å²) in [4.78, 5) is 4.91. The summed E-state index contributed by atoms with van der Waals surface area (Å²) >= 11 is 3.71. The molecule has 1 fully saturated rings. The third-order valence-electron chi connectivity index (χ3n) is 3.85. The molecule has 0 saturated carbocycles. The minimum absolute atomic E-state index is 0.0815. The summed E-state index contributed by atoms with van der Waals surface area (Å²) in [5, 5.41) is 0. The maximum atomic E-state index is 5.94. The van der Waals surface area contributed by atoms with Gasteiger partial charge in [0.1, 0.15) is 0 Å². The molecule has 2 N–H and O–H groups in total. The summed E-state index contributed by atoms with van der Waals surface area (Å²) in [6.07, 6.45) is 1.21. The normalized spacial score (nSPS) is 23.2. The third kappa shape index (κ3) is 3.50. The largest absolute Gasteiger partial charge is 0.367 e. The summed E-state index contributed by atoms with van der Waals surface area (Å²) in [6.45, 7) is 7.72. The standard InChI is InChI=1S/C15H24BrN3/c1-11-10-18(3)7-4-8-19(11)15-6-5-13(12(2)17)9-14(15)16/h5-6,9,11-12H,4,7-8,10,17H2,1-3H3/t11?,12-/m0/s1. The number of halogens is 1. The second-order valence-corrected chi connectivity index (χ2v) is 6.51. The van der Waals surface area contributed by atoms with E-state index in [1.165, 1.54) is 24.2 Å². The first-order valence-corrected chi connectivity index (χ1v) is 7.78. The maximum Gasteiger partial charge on any atom is 0.0513 e. The van der Waals surface area contributed by atoms with Crippen LogP contribution in [0.2, 0.25) is 0 Å². The van der Waals surface area contributed by atoms with Crippen LogP contribution >= 0.6 is 15.9 Å². The van der Waals surface area contributed by atoms with Crippen LogP contribution < -0.4 is 10.6 Å². The highest BCUT2D eigenvalue weighted by atomic mass is 79.9. The van der Waals surface area contributed by atoms with Crippen LogP contribution in [0.4, 0.5) is 5.69 Å². The van der Waals surface area contributed by atoms with E-state index in [4.69, 9.17) is 5.73 Å². The van der Waals surface area contributed by atoms with Gasteiger partial charge < -0.3 is 15.5 Å². The monoisotopic (exact) mass is 325 g/mol. The number of nitrogens with two attached hydrogens (primary N) is 1. The van der Waals surface area contributed by atoms with Gasteiger partial charge in [-0.15, -0.1) is 0 Å². The van der Waals surface area contributed by atoms with E-state index in [1.807, 2.05) is 6.92 Å². The van der Waals surface area contributed by atoms with Crippen LogP contribution in [0.15, 0.2) is 22.7 Å². The van der Waals surface area contributed by atoms with Crippen molar-refractivity contribution in [1.29, 1.82) is 0 Å². The SMILES string of the molecule is CC1CN(C)CCCN1c1ccc([C@H](C)N)cc1Br. The van der Waals surface area contributed by atoms with Crippen molar-refractivity contribution in [2.45, 2.75) is 32.4 Å². The van der Waals surface area contributed by atoms with Crippen molar-refractivity contribution in [3.63, 3.8) is 0 Å². The molecule has 1 aromatic rings. The average molecular weight is 326 g/mol. The van der Waals surface area contributed by atoms with E-state index in [2.05, 4.69) is 57.9 Å². The van der Waals surface area contributed by atoms with Crippen LogP contribution in [0.5, 0.6) is 0 Å². The van der Waals surface area contributed by atoms with Gasteiger partial charge in [-0.25, -0.2) is 0 Å². The Balaban J connectivity index is 2.25. The Morgan fingerprint density at radius 2 is 2.11 bits per heavy atom. The molecule has 1 aliphatic rings. The van der Waals surface area contributed by atoms with Crippen LogP contribution in [0.25, 0.3) is 0 Å². The Kier molecular flexibility index (Phi) is 4.87. The van der Waals surface area contributed by atoms with E-state index in [9.17, 15) is 0 Å². The zero-order valence-electron chi connectivity index (χ0n) is 12.1. The smallest absolute Gasteiger partial charge is 0.0513 e. The van der Waals surface area contributed by atoms with Crippen LogP contribution in [0.3, 0.4) is 0 Å². The molecule has 1 aromatic carbocycles. The van der Waals surface area contributed by atoms with Gasteiger partial charge in [0.2, 0.25) is 0 Å². The minimum atomic E-state index is 0.0815. The van der Waals surface area contributed by atoms with E-state index in [0.29, 0.717) is 6.04 Å². The molecule has 0 amide bonds. The van der Waals surface area contributed by atoms with E-state index in [-0.39, 0.29) is 6.04 Å². The van der Waals surface area contributed by atoms with Crippen molar-refractivity contribution in [1.82, 2.24) is 4.90 Å². The van der Waals surface area contributed by atoms with E-state index in [1.54, 1.807) is 0 Å². The van der Waals surface area contributed by atoms with Crippen molar-refractivity contribution < 1.29 is 0 Å². The molecule has 1 aliphatic heterocycles. The van der Waals surface area contributed by atoms with Gasteiger partial charge in [0.15, 0.2) is 0 Å². The first-order chi connectivity index (χ1) is 8.99. The zero-order chi connectivity index (χ0) is 14.0. The Morgan fingerprint density at radius 1 is 1.37 bits per heavy atom. The molecule has 0 aliphatic carbocycles. The summed E-state index contributed by atoms with van der Waals surface area (Å²) in [5.74, 6) is 0. The lowest BCUT2D eigenvalue weighted by atomic mass is 10.1. The average Bonchev–Trinajstić information content (AvgIpc) is 2.50. The lowest BCUT2D eigenvalue weighted by molar-refractivity contribution is 0.337. The lowest BCUT2D eigenvalue weighted by Gasteiger charge is -2.31. The number of likely N-dealkylation sites (N-methyl/N-ethyl adjacent to an activating group) is 1. The fraction of sp³-hybridized carbons (Fsp3) is 0.600. The number of rotatable bonds is 2. The fourth-order valence-corrected chi connectivity index (χ4v) is 3.39. The third-order valence-corrected chi connectivity index (χ3v) is 4.49. The van der Waals surface area contributed by atoms with Crippen molar-refractivity contribution in [2.75, 3.05) is 31.6 Å². The van der Waals surface area contributed by atoms with Gasteiger partial charge in [0.05, 0.1) is 5.69 Å². The Bertz CT molecular complexity index is 433. The molecule has 0 bridgehead atoms. The van der Waals surface area contributed by atoms with Crippen molar-refractivity contribution in [3.05, 3.63) is 28.2 Å². The molecule has 2 rings (SSSR count). The highest BCUT2D eigenvalue weighted by molar-refractivity contribution is 9.10. The number of hydrogen-bond donors (Lipinski definition) is 1. The van der Waals surface area contributed by atoms with Gasteiger partial charge in [-0.2, -0.15) is 0 Å². The van der Waals surface area contributed by atoms with Gasteiger partial charge in [-0.05, 0) is 67.5 Å². The van der Waals surface area contributed by atoms with Gasteiger partial charge in [-0.3, -0.25) is 0 Å². The van der Waals surface area contributed by atoms with E-state index < -0.39 is 0 Å². The molecule has 4 heteroatoms. The molecule has 1 unspecified atom stereocenters. The predicted octanol–water partition coefficient (Wildman–Crippen LogP) is 3.00. The van der Waals surface area contributed by atoms with Crippen molar-refractivity contribution in [3.8, 4) is 0 Å². The van der Waals surface area contributed by atoms with Crippen LogP contribution in [-0.2, 0) is 0 Å². The number of anilines is 1. The summed E-state index contributed by atoms with van der Waals surface area (Å²) < 4.78 is 1.15. The van der Waals surface area contributed by atoms with Crippen LogP contribution in [0.1, 0.15) is 31.9 Å². The topological polar surface area (TPSA) is 32.5 Å². The highest BCUT2D eigenvalue weighted by Crippen LogP contribution is 2.31. The number of benzene rings is 1. The molecule has 0 spiro atoms. The number of nitrogens with zero attached hydrogens (tertiary/aromatic N) is 2. The molecular formula is C15H24BrN3. The summed E-state index contributed by atoms with van der Waals surface area (Å²) in [7, 11) is 2.20. The molecule has 0 radical (unpaired) electrons. The quantitative estimate of drug-likeness (QED) is 0.907. The summed E-state index contributed by atoms with van der Waals surface area (Å²) in [5.41, 5.74) is 8.40. The molecule has 3 nitrogen and oxygen atoms in total. The molecule has 106 valence electrons. The molecular weight excluding hydrogens is 302 g/mol. The Morgan fingerprint density at radius 3 is 2.74 bits per heavy atom. The van der Waals surface area contributed by atoms with Crippen molar-refractivity contribution >= 4 is 21.6 Å². The lowest BCUT2D eigenvalue weighted by Crippen LogP contribution is -2.38. The van der Waals surface area contributed by atoms with E-state index in [0.717, 1.165) is 17.6 Å². The van der Waals surface area contributed by atoms with Gasteiger partial charge in [-0.1, -0.05) is 6.07 Å². The second-order valence-electron chi connectivity index (χ2n) is 5.66. The molecule has 19 heavy (non-hydrogen) atoms. The van der Waals surface area contributed by atoms with Crippen LogP contribution in [0, 0.1) is 0 Å². The van der Waals surface area contributed by atoms with E-state index >= 15 is 0 Å². The van der Waals surface area contributed by atoms with Crippen molar-refractivity contribution in [2.24, 2.45) is 5.73 Å². The van der Waals surface area contributed by atoms with Gasteiger partial charge in [0, 0.05) is 29.6 Å². The minimum Gasteiger partial charge on any atom is -0.367 e. The molecule has 0 aromatic heterocycles. The highest BCUT2D eigenvalue weighted by Gasteiger charge is 2.21. The maximum absolute atomic E-state index is 5.94. The second kappa shape index (κ2) is 6.25. The Hall–Kier alpha value is -0.580. The summed E-state index contributed by atoms with van der Waals surface area (Å²) in [6, 6.07) is 7.11.